The summed E-state index contributed by atoms with van der Waals surface area (Å²) in [6, 6.07) is 7.52. The fraction of sp³-hybridized carbons (Fsp3) is 0.562. The Kier molecular flexibility index (Phi) is 7.76. The van der Waals surface area contributed by atoms with Gasteiger partial charge in [-0.2, -0.15) is 5.26 Å². The topological polar surface area (TPSA) is 65.7 Å². The van der Waals surface area contributed by atoms with Crippen LogP contribution in [0.4, 0.5) is 5.69 Å². The zero-order valence-electron chi connectivity index (χ0n) is 13.0. The normalized spacial score (nSPS) is 12.0. The molecule has 0 heterocycles. The summed E-state index contributed by atoms with van der Waals surface area (Å²) < 4.78 is 10.3. The van der Waals surface area contributed by atoms with Crippen molar-refractivity contribution in [2.24, 2.45) is 0 Å². The summed E-state index contributed by atoms with van der Waals surface area (Å²) in [7, 11) is 3.34. The number of ether oxygens (including phenoxy) is 2. The summed E-state index contributed by atoms with van der Waals surface area (Å²) in [6.45, 7) is 4.48. The van der Waals surface area contributed by atoms with E-state index in [2.05, 4.69) is 11.0 Å². The fourth-order valence-corrected chi connectivity index (χ4v) is 2.19. The fourth-order valence-electron chi connectivity index (χ4n) is 2.19. The average Bonchev–Trinajstić information content (AvgIpc) is 2.50. The molecule has 116 valence electrons. The van der Waals surface area contributed by atoms with Crippen LogP contribution in [0.1, 0.15) is 30.6 Å². The molecule has 0 saturated carbocycles. The van der Waals surface area contributed by atoms with Crippen LogP contribution in [0, 0.1) is 11.3 Å². The van der Waals surface area contributed by atoms with E-state index in [-0.39, 0.29) is 0 Å². The Morgan fingerprint density at radius 3 is 2.52 bits per heavy atom. The number of anilines is 1. The van der Waals surface area contributed by atoms with Crippen LogP contribution >= 0.6 is 0 Å². The van der Waals surface area contributed by atoms with Gasteiger partial charge in [0.05, 0.1) is 24.3 Å². The molecule has 0 fully saturated rings. The number of rotatable bonds is 9. The molecule has 21 heavy (non-hydrogen) atoms. The van der Waals surface area contributed by atoms with Crippen LogP contribution in [0.15, 0.2) is 18.2 Å². The van der Waals surface area contributed by atoms with Gasteiger partial charge in [0.1, 0.15) is 0 Å². The highest BCUT2D eigenvalue weighted by atomic mass is 16.5. The molecule has 0 aliphatic rings. The van der Waals surface area contributed by atoms with E-state index in [1.165, 1.54) is 0 Å². The number of nitrogens with zero attached hydrogens (tertiary/aromatic N) is 2. The van der Waals surface area contributed by atoms with Gasteiger partial charge in [0.2, 0.25) is 0 Å². The minimum absolute atomic E-state index is 0.583. The second-order valence-corrected chi connectivity index (χ2v) is 4.89. The van der Waals surface area contributed by atoms with E-state index in [0.29, 0.717) is 25.3 Å². The lowest BCUT2D eigenvalue weighted by atomic mass is 10.0. The maximum Gasteiger partial charge on any atom is 0.0992 e. The van der Waals surface area contributed by atoms with Crippen molar-refractivity contribution in [1.82, 2.24) is 0 Å². The van der Waals surface area contributed by atoms with Crippen molar-refractivity contribution >= 4 is 5.69 Å². The minimum Gasteiger partial charge on any atom is -0.389 e. The molecule has 0 saturated heterocycles. The summed E-state index contributed by atoms with van der Waals surface area (Å²) >= 11 is 0. The van der Waals surface area contributed by atoms with Gasteiger partial charge in [0.15, 0.2) is 0 Å². The van der Waals surface area contributed by atoms with Gasteiger partial charge in [-0.15, -0.1) is 0 Å². The van der Waals surface area contributed by atoms with Gasteiger partial charge in [-0.3, -0.25) is 0 Å². The first-order valence-corrected chi connectivity index (χ1v) is 7.09. The van der Waals surface area contributed by atoms with E-state index in [4.69, 9.17) is 14.7 Å². The van der Waals surface area contributed by atoms with Crippen LogP contribution in [0.3, 0.4) is 0 Å². The maximum absolute atomic E-state index is 9.95. The van der Waals surface area contributed by atoms with Crippen LogP contribution in [0.25, 0.3) is 0 Å². The molecule has 0 bridgehead atoms. The number of aliphatic hydroxyl groups is 1. The second-order valence-electron chi connectivity index (χ2n) is 4.89. The number of nitriles is 1. The highest BCUT2D eigenvalue weighted by molar-refractivity contribution is 5.58. The van der Waals surface area contributed by atoms with E-state index in [9.17, 15) is 5.11 Å². The van der Waals surface area contributed by atoms with Crippen molar-refractivity contribution in [2.75, 3.05) is 45.4 Å². The SMILES string of the molecule is COCCCN(CCOC)c1cc(C#N)ccc1C(C)O. The molecule has 0 radical (unpaired) electrons. The molecular weight excluding hydrogens is 268 g/mol. The third-order valence-corrected chi connectivity index (χ3v) is 3.29. The first-order chi connectivity index (χ1) is 10.1. The Balaban J connectivity index is 3.04. The van der Waals surface area contributed by atoms with Gasteiger partial charge in [-0.05, 0) is 25.5 Å². The molecule has 0 aromatic heterocycles. The standard InChI is InChI=1S/C16H24N2O3/c1-13(19)15-6-5-14(12-17)11-16(15)18(8-10-21-3)7-4-9-20-2/h5-6,11,13,19H,4,7-10H2,1-3H3. The summed E-state index contributed by atoms with van der Waals surface area (Å²) in [6.07, 6.45) is 0.288. The average molecular weight is 292 g/mol. The third-order valence-electron chi connectivity index (χ3n) is 3.29. The van der Waals surface area contributed by atoms with Crippen molar-refractivity contribution in [3.05, 3.63) is 29.3 Å². The lowest BCUT2D eigenvalue weighted by Crippen LogP contribution is -2.30. The zero-order chi connectivity index (χ0) is 15.7. The van der Waals surface area contributed by atoms with Gasteiger partial charge in [0.25, 0.3) is 0 Å². The third kappa shape index (κ3) is 5.35. The van der Waals surface area contributed by atoms with Crippen molar-refractivity contribution in [3.8, 4) is 6.07 Å². The number of benzene rings is 1. The molecular formula is C16H24N2O3. The summed E-state index contributed by atoms with van der Waals surface area (Å²) in [5.41, 5.74) is 2.29. The molecule has 1 atom stereocenters. The maximum atomic E-state index is 9.95. The summed E-state index contributed by atoms with van der Waals surface area (Å²) in [5, 5.41) is 19.0. The second kappa shape index (κ2) is 9.35. The molecule has 0 spiro atoms. The van der Waals surface area contributed by atoms with Crippen molar-refractivity contribution in [3.63, 3.8) is 0 Å². The van der Waals surface area contributed by atoms with E-state index < -0.39 is 6.10 Å². The lowest BCUT2D eigenvalue weighted by Gasteiger charge is -2.28. The van der Waals surface area contributed by atoms with Crippen LogP contribution in [0.2, 0.25) is 0 Å². The minimum atomic E-state index is -0.583. The Hall–Kier alpha value is -1.61. The van der Waals surface area contributed by atoms with Gasteiger partial charge in [-0.1, -0.05) is 6.07 Å². The zero-order valence-corrected chi connectivity index (χ0v) is 13.0. The monoisotopic (exact) mass is 292 g/mol. The predicted molar refractivity (Wildman–Crippen MR) is 82.4 cm³/mol. The van der Waals surface area contributed by atoms with Gasteiger partial charge >= 0.3 is 0 Å². The highest BCUT2D eigenvalue weighted by Crippen LogP contribution is 2.27. The molecule has 1 aromatic carbocycles. The molecule has 0 aliphatic heterocycles. The van der Waals surface area contributed by atoms with Crippen molar-refractivity contribution in [1.29, 1.82) is 5.26 Å². The Labute approximate surface area is 126 Å². The number of hydrogen-bond donors (Lipinski definition) is 1. The van der Waals surface area contributed by atoms with E-state index >= 15 is 0 Å². The predicted octanol–water partition coefficient (Wildman–Crippen LogP) is 2.10. The first kappa shape index (κ1) is 17.4. The molecule has 1 unspecified atom stereocenters. The Morgan fingerprint density at radius 2 is 1.95 bits per heavy atom. The molecule has 1 N–H and O–H groups in total. The molecule has 0 amide bonds. The first-order valence-electron chi connectivity index (χ1n) is 7.09. The number of aliphatic hydroxyl groups excluding tert-OH is 1. The van der Waals surface area contributed by atoms with Gasteiger partial charge in [0, 0.05) is 45.2 Å². The molecule has 1 aromatic rings. The quantitative estimate of drug-likeness (QED) is 0.706. The van der Waals surface area contributed by atoms with Crippen LogP contribution in [-0.4, -0.2) is 45.6 Å². The Morgan fingerprint density at radius 1 is 1.24 bits per heavy atom. The molecule has 5 nitrogen and oxygen atoms in total. The van der Waals surface area contributed by atoms with Gasteiger partial charge < -0.3 is 19.5 Å². The van der Waals surface area contributed by atoms with E-state index in [1.54, 1.807) is 27.2 Å². The van der Waals surface area contributed by atoms with Crippen molar-refractivity contribution < 1.29 is 14.6 Å². The molecule has 1 rings (SSSR count). The van der Waals surface area contributed by atoms with Crippen molar-refractivity contribution in [2.45, 2.75) is 19.4 Å². The van der Waals surface area contributed by atoms with Crippen LogP contribution < -0.4 is 4.90 Å². The number of methoxy groups -OCH3 is 2. The number of hydrogen-bond acceptors (Lipinski definition) is 5. The summed E-state index contributed by atoms with van der Waals surface area (Å²) in [4.78, 5) is 2.13. The smallest absolute Gasteiger partial charge is 0.0992 e. The van der Waals surface area contributed by atoms with E-state index in [0.717, 1.165) is 24.2 Å². The Bertz CT molecular complexity index is 469. The largest absolute Gasteiger partial charge is 0.389 e. The summed E-state index contributed by atoms with van der Waals surface area (Å²) in [5.74, 6) is 0. The van der Waals surface area contributed by atoms with Gasteiger partial charge in [-0.25, -0.2) is 0 Å². The van der Waals surface area contributed by atoms with Crippen LogP contribution in [0.5, 0.6) is 0 Å². The lowest BCUT2D eigenvalue weighted by molar-refractivity contribution is 0.189. The highest BCUT2D eigenvalue weighted by Gasteiger charge is 2.15. The van der Waals surface area contributed by atoms with E-state index in [1.807, 2.05) is 12.1 Å². The molecule has 0 aliphatic carbocycles. The van der Waals surface area contributed by atoms with Crippen LogP contribution in [-0.2, 0) is 9.47 Å². The molecule has 5 heteroatoms.